The lowest BCUT2D eigenvalue weighted by Crippen LogP contribution is -2.48. The van der Waals surface area contributed by atoms with E-state index in [4.69, 9.17) is 0 Å². The van der Waals surface area contributed by atoms with E-state index in [-0.39, 0.29) is 11.8 Å². The number of rotatable bonds is 4. The van der Waals surface area contributed by atoms with Crippen LogP contribution in [0.5, 0.6) is 0 Å². The van der Waals surface area contributed by atoms with Gasteiger partial charge in [-0.3, -0.25) is 9.59 Å². The van der Waals surface area contributed by atoms with Crippen molar-refractivity contribution in [2.45, 2.75) is 13.8 Å². The van der Waals surface area contributed by atoms with Crippen LogP contribution in [-0.4, -0.2) is 52.9 Å². The van der Waals surface area contributed by atoms with Gasteiger partial charge in [-0.2, -0.15) is 0 Å². The summed E-state index contributed by atoms with van der Waals surface area (Å²) < 4.78 is 0. The van der Waals surface area contributed by atoms with Crippen LogP contribution in [0.3, 0.4) is 0 Å². The van der Waals surface area contributed by atoms with E-state index in [1.807, 2.05) is 55.1 Å². The monoisotopic (exact) mass is 439 g/mol. The van der Waals surface area contributed by atoms with Crippen molar-refractivity contribution in [3.05, 3.63) is 89.4 Å². The molecule has 0 unspecified atom stereocenters. The van der Waals surface area contributed by atoms with E-state index in [2.05, 4.69) is 14.9 Å². The molecule has 0 atom stereocenters. The van der Waals surface area contributed by atoms with Crippen molar-refractivity contribution >= 4 is 29.0 Å². The zero-order valence-electron chi connectivity index (χ0n) is 18.7. The number of para-hydroxylation sites is 1. The highest BCUT2D eigenvalue weighted by Crippen LogP contribution is 2.35. The lowest BCUT2D eigenvalue weighted by Gasteiger charge is -2.36. The first-order valence-corrected chi connectivity index (χ1v) is 11.1. The van der Waals surface area contributed by atoms with Gasteiger partial charge in [-0.05, 0) is 48.7 Å². The van der Waals surface area contributed by atoms with Crippen molar-refractivity contribution in [1.29, 1.82) is 0 Å². The largest absolute Gasteiger partial charge is 0.363 e. The summed E-state index contributed by atoms with van der Waals surface area (Å²) in [7, 11) is 0. The Hall–Kier alpha value is -4.00. The van der Waals surface area contributed by atoms with Crippen molar-refractivity contribution in [3.8, 4) is 0 Å². The fraction of sp³-hybridized carbons (Fsp3) is 0.231. The topological polar surface area (TPSA) is 69.6 Å². The van der Waals surface area contributed by atoms with Crippen LogP contribution >= 0.6 is 0 Å². The highest BCUT2D eigenvalue weighted by Gasteiger charge is 2.43. The molecule has 3 aromatic rings. The number of aromatic nitrogens is 2. The number of imide groups is 1. The summed E-state index contributed by atoms with van der Waals surface area (Å²) in [6.07, 6.45) is 3.46. The minimum absolute atomic E-state index is 0.274. The number of carbonyl (C=O) groups excluding carboxylic acids is 2. The Balaban J connectivity index is 1.52. The van der Waals surface area contributed by atoms with Crippen LogP contribution in [-0.2, 0) is 9.59 Å². The number of carbonyl (C=O) groups is 2. The summed E-state index contributed by atoms with van der Waals surface area (Å²) in [5, 5.41) is 0. The smallest absolute Gasteiger partial charge is 0.282 e. The molecule has 1 fully saturated rings. The summed E-state index contributed by atoms with van der Waals surface area (Å²) in [4.78, 5) is 41.4. The summed E-state index contributed by atoms with van der Waals surface area (Å²) >= 11 is 0. The van der Waals surface area contributed by atoms with Gasteiger partial charge < -0.3 is 9.80 Å². The van der Waals surface area contributed by atoms with Gasteiger partial charge in [0.15, 0.2) is 0 Å². The van der Waals surface area contributed by atoms with Crippen molar-refractivity contribution in [2.24, 2.45) is 0 Å². The lowest BCUT2D eigenvalue weighted by molar-refractivity contribution is -0.120. The Kier molecular flexibility index (Phi) is 5.38. The fourth-order valence-electron chi connectivity index (χ4n) is 4.36. The average Bonchev–Trinajstić information content (AvgIpc) is 3.12. The van der Waals surface area contributed by atoms with E-state index in [0.29, 0.717) is 49.1 Å². The minimum Gasteiger partial charge on any atom is -0.363 e. The molecular formula is C26H25N5O2. The molecule has 2 aromatic carbocycles. The zero-order chi connectivity index (χ0) is 22.9. The second-order valence-electron chi connectivity index (χ2n) is 8.33. The molecule has 5 rings (SSSR count). The molecule has 0 saturated carbocycles. The first-order chi connectivity index (χ1) is 16.0. The van der Waals surface area contributed by atoms with Gasteiger partial charge >= 0.3 is 0 Å². The highest BCUT2D eigenvalue weighted by molar-refractivity contribution is 6.45. The maximum absolute atomic E-state index is 13.7. The Bertz CT molecular complexity index is 1230. The van der Waals surface area contributed by atoms with Crippen molar-refractivity contribution in [3.63, 3.8) is 0 Å². The lowest BCUT2D eigenvalue weighted by atomic mass is 9.99. The molecule has 1 saturated heterocycles. The molecule has 2 aliphatic heterocycles. The van der Waals surface area contributed by atoms with Gasteiger partial charge in [0.25, 0.3) is 11.8 Å². The fourth-order valence-corrected chi connectivity index (χ4v) is 4.36. The van der Waals surface area contributed by atoms with Gasteiger partial charge in [-0.1, -0.05) is 36.4 Å². The molecular weight excluding hydrogens is 414 g/mol. The maximum Gasteiger partial charge on any atom is 0.282 e. The second-order valence-corrected chi connectivity index (χ2v) is 8.33. The van der Waals surface area contributed by atoms with Gasteiger partial charge in [0.1, 0.15) is 5.70 Å². The predicted molar refractivity (Wildman–Crippen MR) is 128 cm³/mol. The van der Waals surface area contributed by atoms with E-state index in [0.717, 1.165) is 16.7 Å². The summed E-state index contributed by atoms with van der Waals surface area (Å²) in [5.74, 6) is 0.127. The Morgan fingerprint density at radius 3 is 2.06 bits per heavy atom. The predicted octanol–water partition coefficient (Wildman–Crippen LogP) is 3.20. The van der Waals surface area contributed by atoms with Gasteiger partial charge in [0.2, 0.25) is 5.95 Å². The molecule has 7 nitrogen and oxygen atoms in total. The summed E-state index contributed by atoms with van der Waals surface area (Å²) in [6.45, 7) is 6.60. The molecule has 0 radical (unpaired) electrons. The molecule has 7 heteroatoms. The van der Waals surface area contributed by atoms with E-state index >= 15 is 0 Å². The van der Waals surface area contributed by atoms with Gasteiger partial charge in [-0.15, -0.1) is 0 Å². The maximum atomic E-state index is 13.7. The molecule has 3 heterocycles. The normalized spacial score (nSPS) is 16.7. The highest BCUT2D eigenvalue weighted by atomic mass is 16.2. The number of benzene rings is 2. The quantitative estimate of drug-likeness (QED) is 0.582. The third-order valence-electron chi connectivity index (χ3n) is 6.30. The first-order valence-electron chi connectivity index (χ1n) is 11.1. The number of aryl methyl sites for hydroxylation is 2. The summed E-state index contributed by atoms with van der Waals surface area (Å²) in [6, 6.07) is 16.9. The van der Waals surface area contributed by atoms with Crippen LogP contribution in [0.15, 0.2) is 72.7 Å². The van der Waals surface area contributed by atoms with E-state index < -0.39 is 0 Å². The molecule has 33 heavy (non-hydrogen) atoms. The van der Waals surface area contributed by atoms with Gasteiger partial charge in [-0.25, -0.2) is 14.9 Å². The van der Waals surface area contributed by atoms with E-state index in [9.17, 15) is 9.59 Å². The van der Waals surface area contributed by atoms with Crippen LogP contribution in [0.2, 0.25) is 0 Å². The minimum atomic E-state index is -0.279. The third-order valence-corrected chi connectivity index (χ3v) is 6.30. The van der Waals surface area contributed by atoms with Crippen molar-refractivity contribution in [2.75, 3.05) is 36.0 Å². The van der Waals surface area contributed by atoms with E-state index in [1.54, 1.807) is 30.6 Å². The summed E-state index contributed by atoms with van der Waals surface area (Å²) in [5.41, 5.74) is 4.54. The van der Waals surface area contributed by atoms with Crippen LogP contribution in [0.1, 0.15) is 16.7 Å². The molecule has 1 aromatic heterocycles. The first kappa shape index (κ1) is 20.9. The number of hydrogen-bond acceptors (Lipinski definition) is 6. The second kappa shape index (κ2) is 8.50. The molecule has 0 N–H and O–H groups in total. The molecule has 0 spiro atoms. The Morgan fingerprint density at radius 1 is 0.727 bits per heavy atom. The molecule has 0 bridgehead atoms. The number of nitrogens with zero attached hydrogens (tertiary/aromatic N) is 5. The molecule has 2 aliphatic rings. The number of amides is 2. The van der Waals surface area contributed by atoms with Gasteiger partial charge in [0, 0.05) is 38.6 Å². The number of piperazine rings is 1. The van der Waals surface area contributed by atoms with Gasteiger partial charge in [0.05, 0.1) is 11.3 Å². The number of hydrogen-bond donors (Lipinski definition) is 0. The molecule has 2 amide bonds. The molecule has 0 aliphatic carbocycles. The van der Waals surface area contributed by atoms with Crippen molar-refractivity contribution in [1.82, 2.24) is 14.9 Å². The third kappa shape index (κ3) is 3.75. The van der Waals surface area contributed by atoms with Crippen molar-refractivity contribution < 1.29 is 9.59 Å². The average molecular weight is 440 g/mol. The Labute approximate surface area is 193 Å². The van der Waals surface area contributed by atoms with Crippen LogP contribution in [0.25, 0.3) is 5.57 Å². The van der Waals surface area contributed by atoms with Crippen LogP contribution in [0, 0.1) is 13.8 Å². The van der Waals surface area contributed by atoms with Crippen LogP contribution in [0.4, 0.5) is 11.6 Å². The zero-order valence-corrected chi connectivity index (χ0v) is 18.7. The van der Waals surface area contributed by atoms with Crippen LogP contribution < -0.4 is 9.80 Å². The number of anilines is 2. The Morgan fingerprint density at radius 2 is 1.39 bits per heavy atom. The SMILES string of the molecule is Cc1ccc(C2=C(N3CCN(c4ncccn4)CC3)C(=O)N(c3ccccc3)C2=O)cc1C. The van der Waals surface area contributed by atoms with E-state index in [1.165, 1.54) is 4.90 Å². The standard InChI is InChI=1S/C26H25N5O2/c1-18-9-10-20(17-19(18)2)22-23(25(33)31(24(22)32)21-7-4-3-5-8-21)29-13-15-30(16-14-29)26-27-11-6-12-28-26/h3-12,17H,13-16H2,1-2H3. The molecule has 166 valence electrons.